The Morgan fingerprint density at radius 1 is 1.75 bits per heavy atom. The number of aliphatic hydroxyl groups excluding tert-OH is 1. The molecule has 0 heterocycles. The summed E-state index contributed by atoms with van der Waals surface area (Å²) in [4.78, 5) is 0. The summed E-state index contributed by atoms with van der Waals surface area (Å²) in [6.07, 6.45) is 0.373. The van der Waals surface area contributed by atoms with Crippen LogP contribution in [0.4, 0.5) is 0 Å². The Kier molecular flexibility index (Phi) is 5.59. The highest BCUT2D eigenvalue weighted by Gasteiger charge is 1.97. The second kappa shape index (κ2) is 5.41. The van der Waals surface area contributed by atoms with Gasteiger partial charge in [0, 0.05) is 19.5 Å². The van der Waals surface area contributed by atoms with Crippen LogP contribution in [-0.2, 0) is 4.74 Å². The molecule has 8 heavy (non-hydrogen) atoms. The minimum absolute atomic E-state index is 0.307. The largest absolute Gasteiger partial charge is 0.392 e. The van der Waals surface area contributed by atoms with Crippen LogP contribution in [-0.4, -0.2) is 30.7 Å². The fourth-order valence-electron chi connectivity index (χ4n) is 0.345. The number of methoxy groups -OCH3 is 1. The molecule has 2 nitrogen and oxygen atoms in total. The van der Waals surface area contributed by atoms with Crippen LogP contribution < -0.4 is 0 Å². The molecule has 0 spiro atoms. The predicted molar refractivity (Wildman–Crippen MR) is 36.4 cm³/mol. The van der Waals surface area contributed by atoms with Crippen LogP contribution in [0.3, 0.4) is 0 Å². The fourth-order valence-corrected chi connectivity index (χ4v) is 0.528. The molecule has 0 rings (SSSR count). The van der Waals surface area contributed by atoms with Gasteiger partial charge < -0.3 is 9.84 Å². The quantitative estimate of drug-likeness (QED) is 0.545. The van der Waals surface area contributed by atoms with Crippen LogP contribution in [0, 0.1) is 0 Å². The number of hydrogen-bond donors (Lipinski definition) is 2. The van der Waals surface area contributed by atoms with Crippen LogP contribution in [0.1, 0.15) is 6.42 Å². The van der Waals surface area contributed by atoms with Gasteiger partial charge in [-0.25, -0.2) is 0 Å². The van der Waals surface area contributed by atoms with Crippen molar-refractivity contribution in [1.82, 2.24) is 0 Å². The van der Waals surface area contributed by atoms with E-state index in [2.05, 4.69) is 12.6 Å². The van der Waals surface area contributed by atoms with E-state index in [0.717, 1.165) is 0 Å². The van der Waals surface area contributed by atoms with E-state index >= 15 is 0 Å². The maximum atomic E-state index is 8.83. The molecular formula is C5H12O2S. The fraction of sp³-hybridized carbons (Fsp3) is 1.00. The minimum Gasteiger partial charge on any atom is -0.392 e. The molecule has 0 amide bonds. The number of hydrogen-bond acceptors (Lipinski definition) is 3. The van der Waals surface area contributed by atoms with Crippen molar-refractivity contribution in [2.75, 3.05) is 19.5 Å². The third-order valence-electron chi connectivity index (χ3n) is 0.866. The molecule has 3 heteroatoms. The van der Waals surface area contributed by atoms with Crippen LogP contribution in [0.5, 0.6) is 0 Å². The van der Waals surface area contributed by atoms with Crippen molar-refractivity contribution >= 4 is 12.6 Å². The van der Waals surface area contributed by atoms with Gasteiger partial charge in [-0.1, -0.05) is 0 Å². The third kappa shape index (κ3) is 4.43. The van der Waals surface area contributed by atoms with Gasteiger partial charge in [-0.2, -0.15) is 12.6 Å². The lowest BCUT2D eigenvalue weighted by Gasteiger charge is -2.03. The first-order valence-electron chi connectivity index (χ1n) is 2.59. The van der Waals surface area contributed by atoms with E-state index < -0.39 is 0 Å². The SMILES string of the molecule is COCCC(O)CS. The lowest BCUT2D eigenvalue weighted by atomic mass is 10.3. The zero-order valence-electron chi connectivity index (χ0n) is 5.00. The van der Waals surface area contributed by atoms with Crippen molar-refractivity contribution in [2.24, 2.45) is 0 Å². The first-order chi connectivity index (χ1) is 3.81. The summed E-state index contributed by atoms with van der Waals surface area (Å²) in [6, 6.07) is 0. The smallest absolute Gasteiger partial charge is 0.0650 e. The summed E-state index contributed by atoms with van der Waals surface area (Å²) in [5, 5.41) is 8.83. The topological polar surface area (TPSA) is 29.5 Å². The molecule has 0 saturated heterocycles. The normalized spacial score (nSPS) is 13.9. The lowest BCUT2D eigenvalue weighted by molar-refractivity contribution is 0.124. The zero-order chi connectivity index (χ0) is 6.41. The molecule has 1 N–H and O–H groups in total. The highest BCUT2D eigenvalue weighted by Crippen LogP contribution is 1.92. The van der Waals surface area contributed by atoms with E-state index in [1.165, 1.54) is 0 Å². The Morgan fingerprint density at radius 2 is 2.38 bits per heavy atom. The van der Waals surface area contributed by atoms with Crippen molar-refractivity contribution < 1.29 is 9.84 Å². The Labute approximate surface area is 55.3 Å². The van der Waals surface area contributed by atoms with Crippen LogP contribution in [0.2, 0.25) is 0 Å². The molecule has 0 saturated carbocycles. The van der Waals surface area contributed by atoms with Gasteiger partial charge in [0.05, 0.1) is 6.10 Å². The summed E-state index contributed by atoms with van der Waals surface area (Å²) in [6.45, 7) is 0.613. The molecule has 0 fully saturated rings. The van der Waals surface area contributed by atoms with Gasteiger partial charge >= 0.3 is 0 Å². The van der Waals surface area contributed by atoms with Gasteiger partial charge in [0.1, 0.15) is 0 Å². The van der Waals surface area contributed by atoms with E-state index in [4.69, 9.17) is 9.84 Å². The van der Waals surface area contributed by atoms with E-state index in [9.17, 15) is 0 Å². The number of rotatable bonds is 4. The minimum atomic E-state index is -0.307. The average Bonchev–Trinajstić information content (AvgIpc) is 1.83. The summed E-state index contributed by atoms with van der Waals surface area (Å²) >= 11 is 3.88. The second-order valence-electron chi connectivity index (χ2n) is 1.62. The molecule has 0 bridgehead atoms. The molecule has 0 aliphatic carbocycles. The van der Waals surface area contributed by atoms with Crippen LogP contribution in [0.15, 0.2) is 0 Å². The maximum absolute atomic E-state index is 8.83. The van der Waals surface area contributed by atoms with Gasteiger partial charge in [0.15, 0.2) is 0 Å². The molecule has 0 aromatic rings. The zero-order valence-corrected chi connectivity index (χ0v) is 5.90. The first kappa shape index (κ1) is 8.27. The Hall–Kier alpha value is 0.270. The molecule has 1 unspecified atom stereocenters. The predicted octanol–water partition coefficient (Wildman–Crippen LogP) is 0.314. The van der Waals surface area contributed by atoms with Gasteiger partial charge in [0.2, 0.25) is 0 Å². The van der Waals surface area contributed by atoms with Gasteiger partial charge in [-0.3, -0.25) is 0 Å². The molecule has 0 aliphatic rings. The summed E-state index contributed by atoms with van der Waals surface area (Å²) in [7, 11) is 1.62. The number of ether oxygens (including phenoxy) is 1. The van der Waals surface area contributed by atoms with Crippen molar-refractivity contribution in [2.45, 2.75) is 12.5 Å². The van der Waals surface area contributed by atoms with Gasteiger partial charge in [0.25, 0.3) is 0 Å². The molecule has 0 aliphatic heterocycles. The second-order valence-corrected chi connectivity index (χ2v) is 1.98. The van der Waals surface area contributed by atoms with E-state index in [-0.39, 0.29) is 6.10 Å². The summed E-state index contributed by atoms with van der Waals surface area (Å²) < 4.78 is 4.72. The highest BCUT2D eigenvalue weighted by atomic mass is 32.1. The maximum Gasteiger partial charge on any atom is 0.0650 e. The van der Waals surface area contributed by atoms with Crippen molar-refractivity contribution in [3.63, 3.8) is 0 Å². The van der Waals surface area contributed by atoms with E-state index in [1.54, 1.807) is 7.11 Å². The summed E-state index contributed by atoms with van der Waals surface area (Å²) in [5.74, 6) is 0.517. The monoisotopic (exact) mass is 136 g/mol. The molecular weight excluding hydrogens is 124 g/mol. The van der Waals surface area contributed by atoms with Crippen molar-refractivity contribution in [3.05, 3.63) is 0 Å². The number of thiol groups is 1. The lowest BCUT2D eigenvalue weighted by Crippen LogP contribution is -2.10. The Morgan fingerprint density at radius 3 is 2.75 bits per heavy atom. The van der Waals surface area contributed by atoms with Gasteiger partial charge in [-0.15, -0.1) is 0 Å². The third-order valence-corrected chi connectivity index (χ3v) is 1.29. The Balaban J connectivity index is 2.86. The van der Waals surface area contributed by atoms with Crippen LogP contribution in [0.25, 0.3) is 0 Å². The highest BCUT2D eigenvalue weighted by molar-refractivity contribution is 7.80. The molecule has 0 radical (unpaired) electrons. The van der Waals surface area contributed by atoms with E-state index in [0.29, 0.717) is 18.8 Å². The van der Waals surface area contributed by atoms with Crippen LogP contribution >= 0.6 is 12.6 Å². The molecule has 1 atom stereocenters. The number of aliphatic hydroxyl groups is 1. The van der Waals surface area contributed by atoms with E-state index in [1.807, 2.05) is 0 Å². The Bertz CT molecular complexity index is 49.7. The molecule has 0 aromatic carbocycles. The van der Waals surface area contributed by atoms with Gasteiger partial charge in [-0.05, 0) is 6.42 Å². The first-order valence-corrected chi connectivity index (χ1v) is 3.22. The van der Waals surface area contributed by atoms with Crippen molar-refractivity contribution in [3.8, 4) is 0 Å². The average molecular weight is 136 g/mol. The summed E-state index contributed by atoms with van der Waals surface area (Å²) in [5.41, 5.74) is 0. The standard InChI is InChI=1S/C5H12O2S/c1-7-3-2-5(6)4-8/h5-6,8H,2-4H2,1H3. The molecule has 0 aromatic heterocycles. The molecule has 50 valence electrons. The van der Waals surface area contributed by atoms with Crippen molar-refractivity contribution in [1.29, 1.82) is 0 Å².